The molecule has 1 saturated heterocycles. The highest BCUT2D eigenvalue weighted by Gasteiger charge is 2.23. The van der Waals surface area contributed by atoms with Crippen LogP contribution in [-0.2, 0) is 4.74 Å². The molecule has 4 heteroatoms. The van der Waals surface area contributed by atoms with Crippen LogP contribution in [0.5, 0.6) is 0 Å². The number of rotatable bonds is 6. The van der Waals surface area contributed by atoms with Crippen LogP contribution in [0.4, 0.5) is 5.82 Å². The molecule has 2 unspecified atom stereocenters. The number of pyridine rings is 1. The fourth-order valence-corrected chi connectivity index (χ4v) is 2.81. The van der Waals surface area contributed by atoms with Crippen molar-refractivity contribution in [3.05, 3.63) is 23.9 Å². The van der Waals surface area contributed by atoms with E-state index in [1.165, 1.54) is 12.0 Å². The number of hydrogen-bond acceptors (Lipinski definition) is 4. The Labute approximate surface area is 122 Å². The number of nitrogens with zero attached hydrogens (tertiary/aromatic N) is 2. The molecule has 0 aromatic carbocycles. The van der Waals surface area contributed by atoms with Crippen LogP contribution in [0.25, 0.3) is 0 Å². The molecule has 112 valence electrons. The van der Waals surface area contributed by atoms with Gasteiger partial charge < -0.3 is 15.0 Å². The summed E-state index contributed by atoms with van der Waals surface area (Å²) in [5, 5.41) is 3.56. The summed E-state index contributed by atoms with van der Waals surface area (Å²) < 4.78 is 5.52. The van der Waals surface area contributed by atoms with Crippen molar-refractivity contribution in [3.8, 4) is 0 Å². The molecule has 0 aliphatic carbocycles. The Balaban J connectivity index is 2.14. The zero-order valence-electron chi connectivity index (χ0n) is 12.9. The number of hydrogen-bond donors (Lipinski definition) is 1. The molecular formula is C16H27N3O. The van der Waals surface area contributed by atoms with Gasteiger partial charge in [0, 0.05) is 38.0 Å². The first kappa shape index (κ1) is 15.3. The van der Waals surface area contributed by atoms with E-state index in [2.05, 4.69) is 35.1 Å². The minimum absolute atomic E-state index is 0.331. The van der Waals surface area contributed by atoms with Crippen LogP contribution in [0.3, 0.4) is 0 Å². The molecule has 0 radical (unpaired) electrons. The van der Waals surface area contributed by atoms with Gasteiger partial charge >= 0.3 is 0 Å². The molecule has 1 aromatic rings. The van der Waals surface area contributed by atoms with Crippen molar-refractivity contribution >= 4 is 5.82 Å². The molecule has 20 heavy (non-hydrogen) atoms. The predicted molar refractivity (Wildman–Crippen MR) is 83.2 cm³/mol. The lowest BCUT2D eigenvalue weighted by Crippen LogP contribution is -2.40. The summed E-state index contributed by atoms with van der Waals surface area (Å²) in [7, 11) is 1.80. The van der Waals surface area contributed by atoms with E-state index in [4.69, 9.17) is 4.74 Å². The minimum Gasteiger partial charge on any atom is -0.380 e. The summed E-state index contributed by atoms with van der Waals surface area (Å²) in [5.74, 6) is 1.12. The summed E-state index contributed by atoms with van der Waals surface area (Å²) in [4.78, 5) is 7.00. The van der Waals surface area contributed by atoms with Gasteiger partial charge in [0.25, 0.3) is 0 Å². The van der Waals surface area contributed by atoms with E-state index in [0.29, 0.717) is 12.1 Å². The van der Waals surface area contributed by atoms with Crippen molar-refractivity contribution in [1.82, 2.24) is 10.3 Å². The van der Waals surface area contributed by atoms with Crippen LogP contribution in [0.15, 0.2) is 18.3 Å². The largest absolute Gasteiger partial charge is 0.380 e. The summed E-state index contributed by atoms with van der Waals surface area (Å²) >= 11 is 0. The fraction of sp³-hybridized carbons (Fsp3) is 0.688. The van der Waals surface area contributed by atoms with Gasteiger partial charge in [-0.25, -0.2) is 4.98 Å². The van der Waals surface area contributed by atoms with Gasteiger partial charge in [0.05, 0.1) is 6.10 Å². The smallest absolute Gasteiger partial charge is 0.133 e. The maximum atomic E-state index is 5.52. The van der Waals surface area contributed by atoms with E-state index in [-0.39, 0.29) is 0 Å². The number of methoxy groups -OCH3 is 1. The topological polar surface area (TPSA) is 37.4 Å². The molecular weight excluding hydrogens is 250 g/mol. The average molecular weight is 277 g/mol. The Kier molecular flexibility index (Phi) is 5.80. The third-order valence-electron chi connectivity index (χ3n) is 3.99. The molecule has 2 rings (SSSR count). The number of aromatic nitrogens is 1. The number of nitrogens with one attached hydrogen (secondary N) is 1. The van der Waals surface area contributed by atoms with E-state index >= 15 is 0 Å². The Hall–Kier alpha value is -1.13. The predicted octanol–water partition coefficient (Wildman–Crippen LogP) is 2.76. The lowest BCUT2D eigenvalue weighted by molar-refractivity contribution is 0.0890. The standard InChI is InChI=1S/C16H27N3O/c1-4-9-17-13(2)15-8-5-10-18-16(15)19-11-6-7-14(12-19)20-3/h5,8,10,13-14,17H,4,6-7,9,11-12H2,1-3H3. The average Bonchev–Trinajstić information content (AvgIpc) is 2.52. The summed E-state index contributed by atoms with van der Waals surface area (Å²) in [6, 6.07) is 4.55. The second kappa shape index (κ2) is 7.60. The van der Waals surface area contributed by atoms with Gasteiger partial charge in [0.2, 0.25) is 0 Å². The third-order valence-corrected chi connectivity index (χ3v) is 3.99. The number of piperidine rings is 1. The quantitative estimate of drug-likeness (QED) is 0.867. The lowest BCUT2D eigenvalue weighted by atomic mass is 10.0. The van der Waals surface area contributed by atoms with E-state index in [1.54, 1.807) is 7.11 Å². The van der Waals surface area contributed by atoms with Gasteiger partial charge in [0.15, 0.2) is 0 Å². The molecule has 0 saturated carbocycles. The summed E-state index contributed by atoms with van der Waals surface area (Å²) in [6.45, 7) is 7.47. The molecule has 0 bridgehead atoms. The van der Waals surface area contributed by atoms with Gasteiger partial charge in [-0.3, -0.25) is 0 Å². The maximum Gasteiger partial charge on any atom is 0.133 e. The molecule has 1 fully saturated rings. The van der Waals surface area contributed by atoms with Crippen LogP contribution >= 0.6 is 0 Å². The van der Waals surface area contributed by atoms with Gasteiger partial charge in [0.1, 0.15) is 5.82 Å². The normalized spacial score (nSPS) is 20.9. The SMILES string of the molecule is CCCNC(C)c1cccnc1N1CCCC(OC)C1. The van der Waals surface area contributed by atoms with Gasteiger partial charge in [-0.05, 0) is 38.8 Å². The first-order valence-corrected chi connectivity index (χ1v) is 7.72. The van der Waals surface area contributed by atoms with Crippen molar-refractivity contribution in [1.29, 1.82) is 0 Å². The van der Waals surface area contributed by atoms with E-state index in [9.17, 15) is 0 Å². The first-order valence-electron chi connectivity index (χ1n) is 7.72. The second-order valence-electron chi connectivity index (χ2n) is 5.54. The number of anilines is 1. The van der Waals surface area contributed by atoms with E-state index in [1.807, 2.05) is 12.3 Å². The first-order chi connectivity index (χ1) is 9.76. The summed E-state index contributed by atoms with van der Waals surface area (Å²) in [6.07, 6.45) is 5.69. The Morgan fingerprint density at radius 2 is 2.40 bits per heavy atom. The fourth-order valence-electron chi connectivity index (χ4n) is 2.81. The van der Waals surface area contributed by atoms with Crippen LogP contribution in [0, 0.1) is 0 Å². The Morgan fingerprint density at radius 1 is 1.55 bits per heavy atom. The van der Waals surface area contributed by atoms with Crippen molar-refractivity contribution in [3.63, 3.8) is 0 Å². The highest BCUT2D eigenvalue weighted by Crippen LogP contribution is 2.27. The maximum absolute atomic E-state index is 5.52. The van der Waals surface area contributed by atoms with Crippen LogP contribution in [0.2, 0.25) is 0 Å². The molecule has 1 aliphatic heterocycles. The van der Waals surface area contributed by atoms with Gasteiger partial charge in [-0.15, -0.1) is 0 Å². The van der Waals surface area contributed by atoms with E-state index < -0.39 is 0 Å². The monoisotopic (exact) mass is 277 g/mol. The van der Waals surface area contributed by atoms with Crippen molar-refractivity contribution < 1.29 is 4.74 Å². The van der Waals surface area contributed by atoms with Crippen LogP contribution < -0.4 is 10.2 Å². The molecule has 0 spiro atoms. The highest BCUT2D eigenvalue weighted by molar-refractivity contribution is 5.48. The second-order valence-corrected chi connectivity index (χ2v) is 5.54. The van der Waals surface area contributed by atoms with Crippen molar-refractivity contribution in [2.75, 3.05) is 31.6 Å². The molecule has 0 amide bonds. The molecule has 4 nitrogen and oxygen atoms in total. The summed E-state index contributed by atoms with van der Waals surface area (Å²) in [5.41, 5.74) is 1.29. The Morgan fingerprint density at radius 3 is 3.15 bits per heavy atom. The lowest BCUT2D eigenvalue weighted by Gasteiger charge is -2.34. The Bertz CT molecular complexity index is 410. The van der Waals surface area contributed by atoms with Gasteiger partial charge in [-0.2, -0.15) is 0 Å². The zero-order valence-corrected chi connectivity index (χ0v) is 12.9. The van der Waals surface area contributed by atoms with Crippen LogP contribution in [0.1, 0.15) is 44.7 Å². The third kappa shape index (κ3) is 3.70. The zero-order chi connectivity index (χ0) is 14.4. The molecule has 1 aromatic heterocycles. The molecule has 1 aliphatic rings. The van der Waals surface area contributed by atoms with Crippen molar-refractivity contribution in [2.45, 2.75) is 45.3 Å². The van der Waals surface area contributed by atoms with Crippen LogP contribution in [-0.4, -0.2) is 37.8 Å². The molecule has 2 heterocycles. The minimum atomic E-state index is 0.331. The molecule has 2 atom stereocenters. The molecule has 1 N–H and O–H groups in total. The number of ether oxygens (including phenoxy) is 1. The van der Waals surface area contributed by atoms with E-state index in [0.717, 1.165) is 38.3 Å². The van der Waals surface area contributed by atoms with Gasteiger partial charge in [-0.1, -0.05) is 13.0 Å². The highest BCUT2D eigenvalue weighted by atomic mass is 16.5. The van der Waals surface area contributed by atoms with Crippen molar-refractivity contribution in [2.24, 2.45) is 0 Å².